The van der Waals surface area contributed by atoms with Crippen LogP contribution >= 0.6 is 0 Å². The first-order chi connectivity index (χ1) is 6.22. The number of ether oxygens (including phenoxy) is 2. The van der Waals surface area contributed by atoms with Gasteiger partial charge in [-0.25, -0.2) is 0 Å². The standard InChI is InChI=1S/C10H18O3/c1-3-4-5-9-6-7-10(13-9)12-8(2)11/h9-10H,3-7H2,1-2H3. The van der Waals surface area contributed by atoms with E-state index in [9.17, 15) is 4.79 Å². The van der Waals surface area contributed by atoms with E-state index in [4.69, 9.17) is 9.47 Å². The lowest BCUT2D eigenvalue weighted by molar-refractivity contribution is -0.173. The highest BCUT2D eigenvalue weighted by atomic mass is 16.7. The van der Waals surface area contributed by atoms with Crippen LogP contribution in [-0.2, 0) is 14.3 Å². The molecular weight excluding hydrogens is 168 g/mol. The van der Waals surface area contributed by atoms with Gasteiger partial charge in [0.15, 0.2) is 0 Å². The van der Waals surface area contributed by atoms with Gasteiger partial charge in [-0.05, 0) is 12.8 Å². The molecule has 2 atom stereocenters. The number of carbonyl (C=O) groups excluding carboxylic acids is 1. The summed E-state index contributed by atoms with van der Waals surface area (Å²) in [4.78, 5) is 10.6. The average molecular weight is 186 g/mol. The van der Waals surface area contributed by atoms with Gasteiger partial charge in [-0.3, -0.25) is 4.79 Å². The molecule has 1 aliphatic heterocycles. The molecule has 0 aromatic carbocycles. The summed E-state index contributed by atoms with van der Waals surface area (Å²) in [5.74, 6) is -0.249. The molecule has 0 aromatic rings. The van der Waals surface area contributed by atoms with E-state index >= 15 is 0 Å². The summed E-state index contributed by atoms with van der Waals surface area (Å²) in [6.45, 7) is 3.58. The second-order valence-electron chi connectivity index (χ2n) is 3.52. The van der Waals surface area contributed by atoms with Crippen LogP contribution in [0.25, 0.3) is 0 Å². The molecule has 0 saturated carbocycles. The second kappa shape index (κ2) is 5.22. The summed E-state index contributed by atoms with van der Waals surface area (Å²) in [5, 5.41) is 0. The average Bonchev–Trinajstić information content (AvgIpc) is 2.48. The summed E-state index contributed by atoms with van der Waals surface area (Å²) in [5.41, 5.74) is 0. The molecule has 76 valence electrons. The third-order valence-electron chi connectivity index (χ3n) is 2.25. The van der Waals surface area contributed by atoms with Gasteiger partial charge >= 0.3 is 5.97 Å². The van der Waals surface area contributed by atoms with E-state index in [0.717, 1.165) is 19.3 Å². The molecular formula is C10H18O3. The molecule has 2 unspecified atom stereocenters. The van der Waals surface area contributed by atoms with Gasteiger partial charge in [-0.2, -0.15) is 0 Å². The van der Waals surface area contributed by atoms with Crippen LogP contribution in [-0.4, -0.2) is 18.4 Å². The van der Waals surface area contributed by atoms with E-state index in [1.807, 2.05) is 0 Å². The minimum atomic E-state index is -0.278. The van der Waals surface area contributed by atoms with Crippen molar-refractivity contribution in [1.29, 1.82) is 0 Å². The largest absolute Gasteiger partial charge is 0.436 e. The van der Waals surface area contributed by atoms with Gasteiger partial charge in [0.25, 0.3) is 0 Å². The van der Waals surface area contributed by atoms with Gasteiger partial charge in [0.05, 0.1) is 6.10 Å². The van der Waals surface area contributed by atoms with Gasteiger partial charge in [0, 0.05) is 13.3 Å². The molecule has 0 aromatic heterocycles. The summed E-state index contributed by atoms with van der Waals surface area (Å²) >= 11 is 0. The Morgan fingerprint density at radius 3 is 2.92 bits per heavy atom. The summed E-state index contributed by atoms with van der Waals surface area (Å²) in [6.07, 6.45) is 5.39. The maximum absolute atomic E-state index is 10.6. The van der Waals surface area contributed by atoms with Crippen LogP contribution in [0.15, 0.2) is 0 Å². The predicted octanol–water partition coefficient (Wildman–Crippen LogP) is 2.24. The van der Waals surface area contributed by atoms with E-state index in [-0.39, 0.29) is 12.3 Å². The highest BCUT2D eigenvalue weighted by molar-refractivity contribution is 5.66. The fourth-order valence-electron chi connectivity index (χ4n) is 1.59. The normalized spacial score (nSPS) is 27.5. The van der Waals surface area contributed by atoms with Crippen LogP contribution in [0.1, 0.15) is 46.0 Å². The lowest BCUT2D eigenvalue weighted by atomic mass is 10.1. The smallest absolute Gasteiger partial charge is 0.304 e. The molecule has 0 amide bonds. The highest BCUT2D eigenvalue weighted by Gasteiger charge is 2.26. The zero-order valence-electron chi connectivity index (χ0n) is 8.41. The molecule has 0 N–H and O–H groups in total. The Bertz CT molecular complexity index is 168. The molecule has 1 aliphatic rings. The first-order valence-electron chi connectivity index (χ1n) is 5.05. The van der Waals surface area contributed by atoms with Gasteiger partial charge in [-0.15, -0.1) is 0 Å². The van der Waals surface area contributed by atoms with E-state index in [1.54, 1.807) is 0 Å². The molecule has 1 heterocycles. The van der Waals surface area contributed by atoms with Crippen molar-refractivity contribution in [3.05, 3.63) is 0 Å². The summed E-state index contributed by atoms with van der Waals surface area (Å²) < 4.78 is 10.5. The van der Waals surface area contributed by atoms with Crippen molar-refractivity contribution < 1.29 is 14.3 Å². The number of hydrogen-bond acceptors (Lipinski definition) is 3. The lowest BCUT2D eigenvalue weighted by Crippen LogP contribution is -2.16. The molecule has 1 saturated heterocycles. The van der Waals surface area contributed by atoms with Crippen molar-refractivity contribution in [3.63, 3.8) is 0 Å². The first kappa shape index (κ1) is 10.5. The van der Waals surface area contributed by atoms with Crippen molar-refractivity contribution in [1.82, 2.24) is 0 Å². The van der Waals surface area contributed by atoms with Crippen LogP contribution in [0, 0.1) is 0 Å². The first-order valence-corrected chi connectivity index (χ1v) is 5.05. The summed E-state index contributed by atoms with van der Waals surface area (Å²) in [6, 6.07) is 0. The van der Waals surface area contributed by atoms with E-state index < -0.39 is 0 Å². The number of unbranched alkanes of at least 4 members (excludes halogenated alkanes) is 1. The van der Waals surface area contributed by atoms with E-state index in [0.29, 0.717) is 6.10 Å². The van der Waals surface area contributed by atoms with Gasteiger partial charge in [0.1, 0.15) is 0 Å². The maximum Gasteiger partial charge on any atom is 0.304 e. The quantitative estimate of drug-likeness (QED) is 0.632. The van der Waals surface area contributed by atoms with Gasteiger partial charge < -0.3 is 9.47 Å². The fraction of sp³-hybridized carbons (Fsp3) is 0.900. The minimum Gasteiger partial charge on any atom is -0.436 e. The molecule has 3 nitrogen and oxygen atoms in total. The third kappa shape index (κ3) is 3.77. The van der Waals surface area contributed by atoms with E-state index in [1.165, 1.54) is 19.8 Å². The zero-order valence-corrected chi connectivity index (χ0v) is 8.41. The number of esters is 1. The molecule has 13 heavy (non-hydrogen) atoms. The predicted molar refractivity (Wildman–Crippen MR) is 49.2 cm³/mol. The highest BCUT2D eigenvalue weighted by Crippen LogP contribution is 2.24. The van der Waals surface area contributed by atoms with Crippen LogP contribution in [0.2, 0.25) is 0 Å². The van der Waals surface area contributed by atoms with Crippen LogP contribution in [0.3, 0.4) is 0 Å². The molecule has 0 bridgehead atoms. The molecule has 0 aliphatic carbocycles. The van der Waals surface area contributed by atoms with Crippen molar-refractivity contribution in [2.24, 2.45) is 0 Å². The van der Waals surface area contributed by atoms with Crippen LogP contribution < -0.4 is 0 Å². The van der Waals surface area contributed by atoms with E-state index in [2.05, 4.69) is 6.92 Å². The number of carbonyl (C=O) groups is 1. The summed E-state index contributed by atoms with van der Waals surface area (Å²) in [7, 11) is 0. The minimum absolute atomic E-state index is 0.249. The Labute approximate surface area is 79.4 Å². The Kier molecular flexibility index (Phi) is 4.22. The Hall–Kier alpha value is -0.570. The van der Waals surface area contributed by atoms with Crippen molar-refractivity contribution in [2.75, 3.05) is 0 Å². The van der Waals surface area contributed by atoms with Crippen molar-refractivity contribution in [2.45, 2.75) is 58.3 Å². The van der Waals surface area contributed by atoms with Crippen LogP contribution in [0.4, 0.5) is 0 Å². The number of rotatable bonds is 4. The maximum atomic E-state index is 10.6. The molecule has 1 fully saturated rings. The SMILES string of the molecule is CCCCC1CCC(OC(C)=O)O1. The molecule has 1 rings (SSSR count). The Morgan fingerprint density at radius 1 is 1.54 bits per heavy atom. The third-order valence-corrected chi connectivity index (χ3v) is 2.25. The molecule has 0 radical (unpaired) electrons. The van der Waals surface area contributed by atoms with Gasteiger partial charge in [0.2, 0.25) is 6.29 Å². The molecule has 3 heteroatoms. The Balaban J connectivity index is 2.16. The lowest BCUT2D eigenvalue weighted by Gasteiger charge is -2.12. The van der Waals surface area contributed by atoms with Gasteiger partial charge in [-0.1, -0.05) is 19.8 Å². The Morgan fingerprint density at radius 2 is 2.31 bits per heavy atom. The zero-order chi connectivity index (χ0) is 9.68. The van der Waals surface area contributed by atoms with Crippen LogP contribution in [0.5, 0.6) is 0 Å². The fourth-order valence-corrected chi connectivity index (χ4v) is 1.59. The monoisotopic (exact) mass is 186 g/mol. The topological polar surface area (TPSA) is 35.5 Å². The number of hydrogen-bond donors (Lipinski definition) is 0. The van der Waals surface area contributed by atoms with Crippen molar-refractivity contribution in [3.8, 4) is 0 Å². The van der Waals surface area contributed by atoms with Crippen molar-refractivity contribution >= 4 is 5.97 Å². The molecule has 0 spiro atoms. The second-order valence-corrected chi connectivity index (χ2v) is 3.52.